The lowest BCUT2D eigenvalue weighted by Gasteiger charge is -2.22. The maximum atomic E-state index is 13.3. The Hall–Kier alpha value is -0.905. The Bertz CT molecular complexity index is 392. The average Bonchev–Trinajstić information content (AvgIpc) is 2.38. The van der Waals surface area contributed by atoms with Crippen molar-refractivity contribution in [2.75, 3.05) is 0 Å². The van der Waals surface area contributed by atoms with Gasteiger partial charge in [-0.25, -0.2) is 4.39 Å². The van der Waals surface area contributed by atoms with Crippen LogP contribution in [0.4, 0.5) is 4.39 Å². The van der Waals surface area contributed by atoms with Crippen LogP contribution in [0.2, 0.25) is 0 Å². The van der Waals surface area contributed by atoms with Crippen LogP contribution in [0.15, 0.2) is 18.2 Å². The van der Waals surface area contributed by atoms with Gasteiger partial charge < -0.3 is 14.8 Å². The smallest absolute Gasteiger partial charge is 0.423 e. The summed E-state index contributed by atoms with van der Waals surface area (Å²) < 4.78 is 19.0. The number of ether oxygens (including phenoxy) is 1. The van der Waals surface area contributed by atoms with Gasteiger partial charge in [0.05, 0.1) is 12.7 Å². The highest BCUT2D eigenvalue weighted by atomic mass is 19.1. The first-order chi connectivity index (χ1) is 8.66. The van der Waals surface area contributed by atoms with Crippen LogP contribution >= 0.6 is 0 Å². The molecule has 3 nitrogen and oxygen atoms in total. The van der Waals surface area contributed by atoms with E-state index in [1.807, 2.05) is 0 Å². The van der Waals surface area contributed by atoms with E-state index in [0.717, 1.165) is 18.4 Å². The fourth-order valence-corrected chi connectivity index (χ4v) is 2.33. The van der Waals surface area contributed by atoms with E-state index in [1.165, 1.54) is 31.4 Å². The molecule has 98 valence electrons. The number of hydrogen-bond donors (Lipinski definition) is 2. The van der Waals surface area contributed by atoms with Gasteiger partial charge in [-0.1, -0.05) is 31.4 Å². The fraction of sp³-hybridized carbons (Fsp3) is 0.538. The summed E-state index contributed by atoms with van der Waals surface area (Å²) >= 11 is 0. The van der Waals surface area contributed by atoms with E-state index in [4.69, 9.17) is 14.8 Å². The molecule has 0 aromatic heterocycles. The Labute approximate surface area is 107 Å². The lowest BCUT2D eigenvalue weighted by Crippen LogP contribution is -2.33. The largest absolute Gasteiger partial charge is 0.491 e. The molecule has 1 aromatic carbocycles. The maximum Gasteiger partial charge on any atom is 0.491 e. The van der Waals surface area contributed by atoms with Gasteiger partial charge >= 0.3 is 7.12 Å². The summed E-state index contributed by atoms with van der Waals surface area (Å²) in [5.74, 6) is -0.605. The summed E-state index contributed by atoms with van der Waals surface area (Å²) in [6.45, 7) is 0.394. The van der Waals surface area contributed by atoms with Crippen LogP contribution < -0.4 is 5.46 Å². The zero-order valence-corrected chi connectivity index (χ0v) is 10.3. The third-order valence-corrected chi connectivity index (χ3v) is 3.38. The predicted molar refractivity (Wildman–Crippen MR) is 67.9 cm³/mol. The minimum Gasteiger partial charge on any atom is -0.423 e. The number of benzene rings is 1. The quantitative estimate of drug-likeness (QED) is 0.795. The molecule has 0 bridgehead atoms. The van der Waals surface area contributed by atoms with Crippen LogP contribution in [-0.2, 0) is 11.3 Å². The van der Waals surface area contributed by atoms with Crippen molar-refractivity contribution in [1.29, 1.82) is 0 Å². The second kappa shape index (κ2) is 6.32. The topological polar surface area (TPSA) is 49.7 Å². The molecule has 0 amide bonds. The van der Waals surface area contributed by atoms with Crippen molar-refractivity contribution < 1.29 is 19.2 Å². The van der Waals surface area contributed by atoms with Gasteiger partial charge in [0, 0.05) is 5.46 Å². The molecule has 0 spiro atoms. The van der Waals surface area contributed by atoms with Crippen molar-refractivity contribution in [1.82, 2.24) is 0 Å². The van der Waals surface area contributed by atoms with Gasteiger partial charge in [0.15, 0.2) is 0 Å². The van der Waals surface area contributed by atoms with Crippen LogP contribution in [0, 0.1) is 5.82 Å². The molecule has 2 rings (SSSR count). The summed E-state index contributed by atoms with van der Waals surface area (Å²) in [7, 11) is -1.78. The molecule has 0 saturated heterocycles. The molecular formula is C13H18BFO3. The lowest BCUT2D eigenvalue weighted by atomic mass is 9.79. The number of halogens is 1. The summed E-state index contributed by atoms with van der Waals surface area (Å²) in [6.07, 6.45) is 6.12. The molecule has 1 aliphatic rings. The van der Waals surface area contributed by atoms with Crippen LogP contribution in [0.3, 0.4) is 0 Å². The third kappa shape index (κ3) is 3.54. The van der Waals surface area contributed by atoms with Gasteiger partial charge in [-0.2, -0.15) is 0 Å². The normalized spacial score (nSPS) is 16.8. The highest BCUT2D eigenvalue weighted by Gasteiger charge is 2.18. The van der Waals surface area contributed by atoms with E-state index in [9.17, 15) is 4.39 Å². The predicted octanol–water partition coefficient (Wildman–Crippen LogP) is 1.35. The second-order valence-corrected chi connectivity index (χ2v) is 4.80. The van der Waals surface area contributed by atoms with E-state index in [2.05, 4.69) is 0 Å². The van der Waals surface area contributed by atoms with Gasteiger partial charge in [-0.3, -0.25) is 0 Å². The van der Waals surface area contributed by atoms with Gasteiger partial charge in [0.2, 0.25) is 0 Å². The molecule has 1 saturated carbocycles. The van der Waals surface area contributed by atoms with Crippen molar-refractivity contribution in [3.63, 3.8) is 0 Å². The molecule has 0 aliphatic heterocycles. The summed E-state index contributed by atoms with van der Waals surface area (Å²) in [4.78, 5) is 0. The van der Waals surface area contributed by atoms with Gasteiger partial charge in [0.25, 0.3) is 0 Å². The maximum absolute atomic E-state index is 13.3. The van der Waals surface area contributed by atoms with E-state index in [1.54, 1.807) is 6.07 Å². The van der Waals surface area contributed by atoms with Crippen LogP contribution in [-0.4, -0.2) is 23.3 Å². The minimum absolute atomic E-state index is 0.0975. The first-order valence-corrected chi connectivity index (χ1v) is 6.43. The van der Waals surface area contributed by atoms with E-state index >= 15 is 0 Å². The van der Waals surface area contributed by atoms with Crippen molar-refractivity contribution in [2.24, 2.45) is 0 Å². The summed E-state index contributed by atoms with van der Waals surface area (Å²) in [5, 5.41) is 18.0. The van der Waals surface area contributed by atoms with Crippen LogP contribution in [0.1, 0.15) is 37.7 Å². The highest BCUT2D eigenvalue weighted by molar-refractivity contribution is 6.58. The zero-order valence-electron chi connectivity index (χ0n) is 10.3. The molecular weight excluding hydrogens is 234 g/mol. The summed E-state index contributed by atoms with van der Waals surface area (Å²) in [6, 6.07) is 4.31. The fourth-order valence-electron chi connectivity index (χ4n) is 2.33. The third-order valence-electron chi connectivity index (χ3n) is 3.38. The molecule has 0 atom stereocenters. The van der Waals surface area contributed by atoms with Crippen molar-refractivity contribution >= 4 is 12.6 Å². The summed E-state index contributed by atoms with van der Waals surface area (Å²) in [5.41, 5.74) is 0.671. The standard InChI is InChI=1S/C13H18BFO3/c15-13-7-6-10(8-12(13)14(16)17)9-18-11-4-2-1-3-5-11/h6-8,11,16-17H,1-5,9H2. The van der Waals surface area contributed by atoms with Crippen molar-refractivity contribution in [3.05, 3.63) is 29.6 Å². The Morgan fingerprint density at radius 1 is 1.22 bits per heavy atom. The molecule has 0 unspecified atom stereocenters. The molecule has 0 heterocycles. The van der Waals surface area contributed by atoms with Crippen LogP contribution in [0.25, 0.3) is 0 Å². The first-order valence-electron chi connectivity index (χ1n) is 6.43. The Morgan fingerprint density at radius 3 is 2.61 bits per heavy atom. The molecule has 1 fully saturated rings. The van der Waals surface area contributed by atoms with Crippen molar-refractivity contribution in [2.45, 2.75) is 44.8 Å². The highest BCUT2D eigenvalue weighted by Crippen LogP contribution is 2.21. The molecule has 1 aliphatic carbocycles. The van der Waals surface area contributed by atoms with E-state index in [0.29, 0.717) is 6.61 Å². The van der Waals surface area contributed by atoms with E-state index in [-0.39, 0.29) is 11.6 Å². The minimum atomic E-state index is -1.78. The molecule has 1 aromatic rings. The molecule has 2 N–H and O–H groups in total. The molecule has 18 heavy (non-hydrogen) atoms. The molecule has 5 heteroatoms. The van der Waals surface area contributed by atoms with Crippen LogP contribution in [0.5, 0.6) is 0 Å². The Morgan fingerprint density at radius 2 is 1.94 bits per heavy atom. The van der Waals surface area contributed by atoms with Gasteiger partial charge in [0.1, 0.15) is 5.82 Å². The number of hydrogen-bond acceptors (Lipinski definition) is 3. The molecule has 0 radical (unpaired) electrons. The van der Waals surface area contributed by atoms with Crippen molar-refractivity contribution in [3.8, 4) is 0 Å². The SMILES string of the molecule is OB(O)c1cc(COC2CCCCC2)ccc1F. The zero-order chi connectivity index (χ0) is 13.0. The Balaban J connectivity index is 1.94. The van der Waals surface area contributed by atoms with E-state index < -0.39 is 12.9 Å². The number of rotatable bonds is 4. The lowest BCUT2D eigenvalue weighted by molar-refractivity contribution is 0.0169. The first kappa shape index (κ1) is 13.5. The van der Waals surface area contributed by atoms with Gasteiger partial charge in [-0.15, -0.1) is 0 Å². The van der Waals surface area contributed by atoms with Gasteiger partial charge in [-0.05, 0) is 24.5 Å². The second-order valence-electron chi connectivity index (χ2n) is 4.80. The average molecular weight is 252 g/mol. The Kier molecular flexibility index (Phi) is 4.75. The monoisotopic (exact) mass is 252 g/mol.